The van der Waals surface area contributed by atoms with Gasteiger partial charge in [-0.2, -0.15) is 26.3 Å². The van der Waals surface area contributed by atoms with Crippen LogP contribution >= 0.6 is 0 Å². The molecule has 1 N–H and O–H groups in total. The van der Waals surface area contributed by atoms with E-state index in [-0.39, 0.29) is 24.1 Å². The number of halogens is 6. The standard InChI is InChI=1S/C19H20F6N4O/c1-12-6-16(11-29-2-4-30-5-3-29)28-17(27-12)26-10-13-7-14(18(20,21)22)9-15(8-13)19(23,24)25/h6-9H,2-5,10-11H2,1H3,(H,26,27,28). The van der Waals surface area contributed by atoms with Gasteiger partial charge in [-0.1, -0.05) is 0 Å². The summed E-state index contributed by atoms with van der Waals surface area (Å²) in [6.07, 6.45) is -9.78. The number of aromatic nitrogens is 2. The molecule has 0 saturated carbocycles. The van der Waals surface area contributed by atoms with E-state index in [2.05, 4.69) is 20.2 Å². The fraction of sp³-hybridized carbons (Fsp3) is 0.474. The molecule has 2 heterocycles. The van der Waals surface area contributed by atoms with Crippen molar-refractivity contribution >= 4 is 5.95 Å². The molecule has 1 saturated heterocycles. The average molecular weight is 434 g/mol. The lowest BCUT2D eigenvalue weighted by molar-refractivity contribution is -0.143. The number of morpholine rings is 1. The van der Waals surface area contributed by atoms with E-state index in [9.17, 15) is 26.3 Å². The molecule has 0 amide bonds. The number of alkyl halides is 6. The predicted octanol–water partition coefficient (Wildman–Crippen LogP) is 4.27. The lowest BCUT2D eigenvalue weighted by atomic mass is 10.0. The van der Waals surface area contributed by atoms with E-state index in [0.717, 1.165) is 13.1 Å². The number of hydrogen-bond donors (Lipinski definition) is 1. The van der Waals surface area contributed by atoms with Crippen LogP contribution in [-0.2, 0) is 30.2 Å². The molecule has 0 aliphatic carbocycles. The van der Waals surface area contributed by atoms with Crippen LogP contribution < -0.4 is 5.32 Å². The summed E-state index contributed by atoms with van der Waals surface area (Å²) in [6.45, 7) is 4.73. The lowest BCUT2D eigenvalue weighted by Crippen LogP contribution is -2.36. The second-order valence-corrected chi connectivity index (χ2v) is 6.98. The van der Waals surface area contributed by atoms with Gasteiger partial charge in [0.25, 0.3) is 0 Å². The number of aryl methyl sites for hydroxylation is 1. The molecule has 0 atom stereocenters. The van der Waals surface area contributed by atoms with Gasteiger partial charge in [-0.3, -0.25) is 4.90 Å². The Labute approximate surface area is 169 Å². The second-order valence-electron chi connectivity index (χ2n) is 6.98. The van der Waals surface area contributed by atoms with Gasteiger partial charge in [-0.05, 0) is 36.8 Å². The average Bonchev–Trinajstić information content (AvgIpc) is 2.65. The fourth-order valence-electron chi connectivity index (χ4n) is 3.08. The van der Waals surface area contributed by atoms with Crippen molar-refractivity contribution in [2.75, 3.05) is 31.6 Å². The Bertz CT molecular complexity index is 846. The molecule has 30 heavy (non-hydrogen) atoms. The first-order valence-electron chi connectivity index (χ1n) is 9.17. The normalized spacial score (nSPS) is 16.0. The number of benzene rings is 1. The minimum absolute atomic E-state index is 0.104. The molecular formula is C19H20F6N4O. The Morgan fingerprint density at radius 2 is 1.53 bits per heavy atom. The van der Waals surface area contributed by atoms with Gasteiger partial charge < -0.3 is 10.1 Å². The van der Waals surface area contributed by atoms with Crippen LogP contribution in [0.5, 0.6) is 0 Å². The summed E-state index contributed by atoms with van der Waals surface area (Å²) in [4.78, 5) is 10.6. The topological polar surface area (TPSA) is 50.3 Å². The zero-order chi connectivity index (χ0) is 21.9. The van der Waals surface area contributed by atoms with E-state index in [0.29, 0.717) is 43.3 Å². The summed E-state index contributed by atoms with van der Waals surface area (Å²) in [6, 6.07) is 3.26. The highest BCUT2D eigenvalue weighted by Crippen LogP contribution is 2.36. The van der Waals surface area contributed by atoms with Crippen molar-refractivity contribution in [3.05, 3.63) is 52.3 Å². The third-order valence-electron chi connectivity index (χ3n) is 4.49. The van der Waals surface area contributed by atoms with Crippen LogP contribution in [0.25, 0.3) is 0 Å². The lowest BCUT2D eigenvalue weighted by Gasteiger charge is -2.26. The first-order chi connectivity index (χ1) is 14.0. The first kappa shape index (κ1) is 22.3. The number of anilines is 1. The maximum Gasteiger partial charge on any atom is 0.416 e. The molecule has 0 bridgehead atoms. The molecule has 2 aromatic rings. The Kier molecular flexibility index (Phi) is 6.51. The fourth-order valence-corrected chi connectivity index (χ4v) is 3.08. The van der Waals surface area contributed by atoms with Crippen LogP contribution in [0.4, 0.5) is 32.3 Å². The molecule has 0 radical (unpaired) electrons. The Balaban J connectivity index is 1.77. The summed E-state index contributed by atoms with van der Waals surface area (Å²) in [7, 11) is 0. The summed E-state index contributed by atoms with van der Waals surface area (Å²) < 4.78 is 83.3. The van der Waals surface area contributed by atoms with Gasteiger partial charge in [-0.25, -0.2) is 9.97 Å². The van der Waals surface area contributed by atoms with Crippen molar-refractivity contribution in [3.63, 3.8) is 0 Å². The van der Waals surface area contributed by atoms with E-state index < -0.39 is 23.5 Å². The van der Waals surface area contributed by atoms with Gasteiger partial charge >= 0.3 is 12.4 Å². The molecule has 5 nitrogen and oxygen atoms in total. The Morgan fingerprint density at radius 1 is 0.933 bits per heavy atom. The van der Waals surface area contributed by atoms with Gasteiger partial charge in [0.15, 0.2) is 0 Å². The van der Waals surface area contributed by atoms with Gasteiger partial charge in [0.1, 0.15) is 0 Å². The highest BCUT2D eigenvalue weighted by molar-refractivity contribution is 5.36. The quantitative estimate of drug-likeness (QED) is 0.713. The molecule has 11 heteroatoms. The molecule has 164 valence electrons. The molecule has 3 rings (SSSR count). The molecule has 1 aromatic heterocycles. The highest BCUT2D eigenvalue weighted by atomic mass is 19.4. The van der Waals surface area contributed by atoms with Crippen LogP contribution in [0, 0.1) is 6.92 Å². The van der Waals surface area contributed by atoms with E-state index in [1.165, 1.54) is 0 Å². The summed E-state index contributed by atoms with van der Waals surface area (Å²) in [5.41, 5.74) is -1.54. The van der Waals surface area contributed by atoms with Crippen molar-refractivity contribution in [3.8, 4) is 0 Å². The van der Waals surface area contributed by atoms with Crippen LogP contribution in [0.15, 0.2) is 24.3 Å². The van der Waals surface area contributed by atoms with Crippen LogP contribution in [0.2, 0.25) is 0 Å². The van der Waals surface area contributed by atoms with Crippen LogP contribution in [0.3, 0.4) is 0 Å². The summed E-state index contributed by atoms with van der Waals surface area (Å²) in [5, 5.41) is 2.74. The molecule has 0 spiro atoms. The highest BCUT2D eigenvalue weighted by Gasteiger charge is 2.36. The molecule has 1 aliphatic rings. The van der Waals surface area contributed by atoms with Crippen molar-refractivity contribution in [1.29, 1.82) is 0 Å². The largest absolute Gasteiger partial charge is 0.416 e. The molecular weight excluding hydrogens is 414 g/mol. The zero-order valence-corrected chi connectivity index (χ0v) is 16.1. The minimum atomic E-state index is -4.89. The molecule has 1 aliphatic heterocycles. The third-order valence-corrected chi connectivity index (χ3v) is 4.49. The number of ether oxygens (including phenoxy) is 1. The van der Waals surface area contributed by atoms with E-state index in [1.54, 1.807) is 13.0 Å². The zero-order valence-electron chi connectivity index (χ0n) is 16.1. The maximum absolute atomic E-state index is 13.0. The Hall–Kier alpha value is -2.40. The van der Waals surface area contributed by atoms with Gasteiger partial charge in [0.05, 0.1) is 30.0 Å². The smallest absolute Gasteiger partial charge is 0.379 e. The van der Waals surface area contributed by atoms with Crippen molar-refractivity contribution in [2.45, 2.75) is 32.4 Å². The van der Waals surface area contributed by atoms with Gasteiger partial charge in [-0.15, -0.1) is 0 Å². The second kappa shape index (κ2) is 8.76. The van der Waals surface area contributed by atoms with Crippen LogP contribution in [0.1, 0.15) is 28.1 Å². The monoisotopic (exact) mass is 434 g/mol. The van der Waals surface area contributed by atoms with Crippen LogP contribution in [-0.4, -0.2) is 41.2 Å². The Morgan fingerprint density at radius 3 is 2.10 bits per heavy atom. The third kappa shape index (κ3) is 6.05. The number of nitrogens with one attached hydrogen (secondary N) is 1. The number of nitrogens with zero attached hydrogens (tertiary/aromatic N) is 3. The predicted molar refractivity (Wildman–Crippen MR) is 96.6 cm³/mol. The first-order valence-corrected chi connectivity index (χ1v) is 9.17. The summed E-state index contributed by atoms with van der Waals surface area (Å²) in [5.74, 6) is 0.143. The molecule has 0 unspecified atom stereocenters. The van der Waals surface area contributed by atoms with Gasteiger partial charge in [0, 0.05) is 31.9 Å². The van der Waals surface area contributed by atoms with E-state index in [1.807, 2.05) is 0 Å². The van der Waals surface area contributed by atoms with Crippen molar-refractivity contribution in [1.82, 2.24) is 14.9 Å². The molecule has 1 fully saturated rings. The maximum atomic E-state index is 13.0. The number of hydrogen-bond acceptors (Lipinski definition) is 5. The number of rotatable bonds is 5. The molecule has 1 aromatic carbocycles. The minimum Gasteiger partial charge on any atom is -0.379 e. The SMILES string of the molecule is Cc1cc(CN2CCOCC2)nc(NCc2cc(C(F)(F)F)cc(C(F)(F)F)c2)n1. The van der Waals surface area contributed by atoms with E-state index >= 15 is 0 Å². The van der Waals surface area contributed by atoms with E-state index in [4.69, 9.17) is 4.74 Å². The van der Waals surface area contributed by atoms with Crippen molar-refractivity contribution in [2.24, 2.45) is 0 Å². The summed E-state index contributed by atoms with van der Waals surface area (Å²) >= 11 is 0. The van der Waals surface area contributed by atoms with Gasteiger partial charge in [0.2, 0.25) is 5.95 Å². The van der Waals surface area contributed by atoms with Crippen molar-refractivity contribution < 1.29 is 31.1 Å².